The van der Waals surface area contributed by atoms with E-state index in [0.29, 0.717) is 19.3 Å². The SMILES string of the molecule is O=C(NCCCOC1CCCC1)[C@@H]1CCOc2ccccc2C1. The molecule has 1 amide bonds. The van der Waals surface area contributed by atoms with E-state index in [9.17, 15) is 4.79 Å². The summed E-state index contributed by atoms with van der Waals surface area (Å²) < 4.78 is 11.6. The molecular weight excluding hydrogens is 290 g/mol. The molecule has 1 aromatic rings. The molecule has 0 saturated heterocycles. The van der Waals surface area contributed by atoms with Crippen molar-refractivity contribution in [3.63, 3.8) is 0 Å². The van der Waals surface area contributed by atoms with Crippen molar-refractivity contribution >= 4 is 5.91 Å². The standard InChI is InChI=1S/C19H27NO3/c21-19(20-11-5-12-22-17-7-2-3-8-17)16-10-13-23-18-9-4-1-6-15(18)14-16/h1,4,6,9,16-17H,2-3,5,7-8,10-14H2,(H,20,21)/t16-/m1/s1. The van der Waals surface area contributed by atoms with E-state index < -0.39 is 0 Å². The number of nitrogens with one attached hydrogen (secondary N) is 1. The van der Waals surface area contributed by atoms with Crippen molar-refractivity contribution in [2.75, 3.05) is 19.8 Å². The fraction of sp³-hybridized carbons (Fsp3) is 0.632. The maximum absolute atomic E-state index is 12.4. The molecule has 0 aromatic heterocycles. The number of fused-ring (bicyclic) bond motifs is 1. The third kappa shape index (κ3) is 4.71. The summed E-state index contributed by atoms with van der Waals surface area (Å²) in [6.07, 6.45) is 7.89. The molecule has 1 fully saturated rings. The van der Waals surface area contributed by atoms with Gasteiger partial charge in [0.05, 0.1) is 12.7 Å². The van der Waals surface area contributed by atoms with Crippen molar-refractivity contribution in [2.24, 2.45) is 5.92 Å². The van der Waals surface area contributed by atoms with Crippen LogP contribution in [0.25, 0.3) is 0 Å². The number of ether oxygens (including phenoxy) is 2. The monoisotopic (exact) mass is 317 g/mol. The summed E-state index contributed by atoms with van der Waals surface area (Å²) in [6, 6.07) is 8.01. The second-order valence-corrected chi connectivity index (χ2v) is 6.57. The molecule has 0 bridgehead atoms. The van der Waals surface area contributed by atoms with Crippen LogP contribution >= 0.6 is 0 Å². The number of amides is 1. The highest BCUT2D eigenvalue weighted by molar-refractivity contribution is 5.79. The average Bonchev–Trinajstić information content (AvgIpc) is 2.98. The number of rotatable bonds is 6. The van der Waals surface area contributed by atoms with Crippen molar-refractivity contribution in [1.29, 1.82) is 0 Å². The van der Waals surface area contributed by atoms with E-state index in [2.05, 4.69) is 11.4 Å². The minimum absolute atomic E-state index is 0.00870. The molecule has 2 aliphatic rings. The predicted octanol–water partition coefficient (Wildman–Crippen LogP) is 3.09. The molecular formula is C19H27NO3. The van der Waals surface area contributed by atoms with Crippen LogP contribution in [0.4, 0.5) is 0 Å². The van der Waals surface area contributed by atoms with Gasteiger partial charge in [-0.25, -0.2) is 0 Å². The summed E-state index contributed by atoms with van der Waals surface area (Å²) in [5.74, 6) is 1.08. The zero-order chi connectivity index (χ0) is 15.9. The van der Waals surface area contributed by atoms with Crippen LogP contribution in [0.1, 0.15) is 44.1 Å². The van der Waals surface area contributed by atoms with Crippen molar-refractivity contribution in [3.05, 3.63) is 29.8 Å². The molecule has 1 heterocycles. The van der Waals surface area contributed by atoms with E-state index in [0.717, 1.165) is 37.2 Å². The Morgan fingerprint density at radius 2 is 2.04 bits per heavy atom. The average molecular weight is 317 g/mol. The molecule has 1 N–H and O–H groups in total. The Labute approximate surface area is 138 Å². The summed E-state index contributed by atoms with van der Waals surface area (Å²) >= 11 is 0. The van der Waals surface area contributed by atoms with Gasteiger partial charge in [-0.05, 0) is 43.7 Å². The van der Waals surface area contributed by atoms with Crippen LogP contribution < -0.4 is 10.1 Å². The van der Waals surface area contributed by atoms with Gasteiger partial charge in [-0.1, -0.05) is 31.0 Å². The summed E-state index contributed by atoms with van der Waals surface area (Å²) in [4.78, 5) is 12.4. The van der Waals surface area contributed by atoms with Crippen molar-refractivity contribution in [1.82, 2.24) is 5.32 Å². The number of hydrogen-bond donors (Lipinski definition) is 1. The summed E-state index contributed by atoms with van der Waals surface area (Å²) in [7, 11) is 0. The van der Waals surface area contributed by atoms with Gasteiger partial charge in [0, 0.05) is 19.1 Å². The van der Waals surface area contributed by atoms with Gasteiger partial charge in [-0.15, -0.1) is 0 Å². The number of para-hydroxylation sites is 1. The summed E-state index contributed by atoms with van der Waals surface area (Å²) in [6.45, 7) is 2.06. The zero-order valence-corrected chi connectivity index (χ0v) is 13.8. The molecule has 0 radical (unpaired) electrons. The van der Waals surface area contributed by atoms with Crippen LogP contribution in [0.15, 0.2) is 24.3 Å². The molecule has 1 aliphatic heterocycles. The van der Waals surface area contributed by atoms with Crippen LogP contribution in [-0.2, 0) is 16.0 Å². The highest BCUT2D eigenvalue weighted by Gasteiger charge is 2.23. The number of carbonyl (C=O) groups is 1. The largest absolute Gasteiger partial charge is 0.493 e. The summed E-state index contributed by atoms with van der Waals surface area (Å²) in [5, 5.41) is 3.06. The van der Waals surface area contributed by atoms with Crippen LogP contribution in [0.3, 0.4) is 0 Å². The predicted molar refractivity (Wildman–Crippen MR) is 89.6 cm³/mol. The normalized spacial score (nSPS) is 21.3. The van der Waals surface area contributed by atoms with E-state index >= 15 is 0 Å². The lowest BCUT2D eigenvalue weighted by atomic mass is 9.96. The van der Waals surface area contributed by atoms with Crippen LogP contribution in [0, 0.1) is 5.92 Å². The van der Waals surface area contributed by atoms with Crippen molar-refractivity contribution < 1.29 is 14.3 Å². The second kappa shape index (κ2) is 8.34. The molecule has 0 spiro atoms. The zero-order valence-electron chi connectivity index (χ0n) is 13.8. The fourth-order valence-corrected chi connectivity index (χ4v) is 3.45. The smallest absolute Gasteiger partial charge is 0.223 e. The third-order valence-corrected chi connectivity index (χ3v) is 4.81. The molecule has 1 saturated carbocycles. The first kappa shape index (κ1) is 16.3. The third-order valence-electron chi connectivity index (χ3n) is 4.81. The van der Waals surface area contributed by atoms with E-state index in [1.54, 1.807) is 0 Å². The van der Waals surface area contributed by atoms with Gasteiger partial charge in [0.15, 0.2) is 0 Å². The van der Waals surface area contributed by atoms with Gasteiger partial charge in [-0.3, -0.25) is 4.79 Å². The molecule has 126 valence electrons. The van der Waals surface area contributed by atoms with E-state index in [-0.39, 0.29) is 11.8 Å². The topological polar surface area (TPSA) is 47.6 Å². The van der Waals surface area contributed by atoms with Gasteiger partial charge in [0.25, 0.3) is 0 Å². The first-order valence-corrected chi connectivity index (χ1v) is 8.93. The number of benzene rings is 1. The molecule has 0 unspecified atom stereocenters. The first-order chi connectivity index (χ1) is 11.3. The van der Waals surface area contributed by atoms with Gasteiger partial charge >= 0.3 is 0 Å². The molecule has 23 heavy (non-hydrogen) atoms. The first-order valence-electron chi connectivity index (χ1n) is 8.93. The van der Waals surface area contributed by atoms with Crippen LogP contribution in [-0.4, -0.2) is 31.8 Å². The molecule has 4 heteroatoms. The maximum atomic E-state index is 12.4. The molecule has 4 nitrogen and oxygen atoms in total. The molecule has 1 aromatic carbocycles. The minimum atomic E-state index is 0.00870. The Hall–Kier alpha value is -1.55. The Morgan fingerprint density at radius 3 is 2.91 bits per heavy atom. The van der Waals surface area contributed by atoms with Crippen LogP contribution in [0.2, 0.25) is 0 Å². The Balaban J connectivity index is 1.38. The number of carbonyl (C=O) groups excluding carboxylic acids is 1. The van der Waals surface area contributed by atoms with E-state index in [4.69, 9.17) is 9.47 Å². The molecule has 1 aliphatic carbocycles. The fourth-order valence-electron chi connectivity index (χ4n) is 3.45. The van der Waals surface area contributed by atoms with E-state index in [1.165, 1.54) is 25.7 Å². The Bertz CT molecular complexity index is 511. The lowest BCUT2D eigenvalue weighted by Crippen LogP contribution is -2.33. The van der Waals surface area contributed by atoms with Crippen molar-refractivity contribution in [3.8, 4) is 5.75 Å². The quantitative estimate of drug-likeness (QED) is 0.820. The maximum Gasteiger partial charge on any atom is 0.223 e. The molecule has 1 atom stereocenters. The van der Waals surface area contributed by atoms with Crippen LogP contribution in [0.5, 0.6) is 5.75 Å². The van der Waals surface area contributed by atoms with Gasteiger partial charge < -0.3 is 14.8 Å². The van der Waals surface area contributed by atoms with Gasteiger partial charge in [0.2, 0.25) is 5.91 Å². The lowest BCUT2D eigenvalue weighted by Gasteiger charge is -2.15. The molecule has 3 rings (SSSR count). The van der Waals surface area contributed by atoms with Gasteiger partial charge in [0.1, 0.15) is 5.75 Å². The number of hydrogen-bond acceptors (Lipinski definition) is 3. The van der Waals surface area contributed by atoms with Gasteiger partial charge in [-0.2, -0.15) is 0 Å². The Morgan fingerprint density at radius 1 is 1.22 bits per heavy atom. The van der Waals surface area contributed by atoms with E-state index in [1.807, 2.05) is 18.2 Å². The van der Waals surface area contributed by atoms with Crippen molar-refractivity contribution in [2.45, 2.75) is 51.0 Å². The highest BCUT2D eigenvalue weighted by Crippen LogP contribution is 2.26. The second-order valence-electron chi connectivity index (χ2n) is 6.57. The lowest BCUT2D eigenvalue weighted by molar-refractivity contribution is -0.125. The highest BCUT2D eigenvalue weighted by atomic mass is 16.5. The summed E-state index contributed by atoms with van der Waals surface area (Å²) in [5.41, 5.74) is 1.13. The Kier molecular flexibility index (Phi) is 5.92. The minimum Gasteiger partial charge on any atom is -0.493 e.